The predicted molar refractivity (Wildman–Crippen MR) is 89.5 cm³/mol. The van der Waals surface area contributed by atoms with Crippen LogP contribution in [0.15, 0.2) is 36.5 Å². The number of carbonyl (C=O) groups excluding carboxylic acids is 1. The molecule has 0 aliphatic rings. The van der Waals surface area contributed by atoms with E-state index < -0.39 is 5.97 Å². The van der Waals surface area contributed by atoms with Crippen LogP contribution in [-0.2, 0) is 9.53 Å². The first-order valence-electron chi connectivity index (χ1n) is 7.77. The van der Waals surface area contributed by atoms with E-state index in [0.717, 1.165) is 0 Å². The second kappa shape index (κ2) is 8.26. The molecule has 7 nitrogen and oxygen atoms in total. The lowest BCUT2D eigenvalue weighted by atomic mass is 10.2. The standard InChI is InChI=1S/C17H21N3O4/c1-12(2)24-11-5-8-16(21)18-13-6-3-4-7-15(13)20-10-9-14(19-20)17(22)23/h3-4,6-7,9-10,12H,5,8,11H2,1-2H3,(H,18,21)(H,22,23). The fraction of sp³-hybridized carbons (Fsp3) is 0.353. The summed E-state index contributed by atoms with van der Waals surface area (Å²) in [5.41, 5.74) is 1.13. The molecule has 0 saturated carbocycles. The van der Waals surface area contributed by atoms with Gasteiger partial charge < -0.3 is 15.2 Å². The Morgan fingerprint density at radius 3 is 2.71 bits per heavy atom. The van der Waals surface area contributed by atoms with E-state index in [0.29, 0.717) is 30.8 Å². The fourth-order valence-electron chi connectivity index (χ4n) is 2.12. The van der Waals surface area contributed by atoms with Crippen LogP contribution in [0.4, 0.5) is 5.69 Å². The van der Waals surface area contributed by atoms with E-state index in [-0.39, 0.29) is 17.7 Å². The van der Waals surface area contributed by atoms with Crippen molar-refractivity contribution in [3.05, 3.63) is 42.2 Å². The first-order chi connectivity index (χ1) is 11.5. The van der Waals surface area contributed by atoms with Crippen molar-refractivity contribution in [3.8, 4) is 5.69 Å². The molecule has 7 heteroatoms. The van der Waals surface area contributed by atoms with Gasteiger partial charge in [-0.25, -0.2) is 9.48 Å². The van der Waals surface area contributed by atoms with Crippen molar-refractivity contribution < 1.29 is 19.4 Å². The number of benzene rings is 1. The van der Waals surface area contributed by atoms with Crippen LogP contribution in [0, 0.1) is 0 Å². The third kappa shape index (κ3) is 4.92. The van der Waals surface area contributed by atoms with Gasteiger partial charge in [-0.1, -0.05) is 12.1 Å². The molecule has 0 aliphatic carbocycles. The van der Waals surface area contributed by atoms with E-state index in [1.165, 1.54) is 10.7 Å². The molecule has 0 bridgehead atoms. The number of hydrogen-bond donors (Lipinski definition) is 2. The van der Waals surface area contributed by atoms with Gasteiger partial charge in [0.1, 0.15) is 0 Å². The van der Waals surface area contributed by atoms with E-state index in [1.54, 1.807) is 30.5 Å². The summed E-state index contributed by atoms with van der Waals surface area (Å²) in [5, 5.41) is 15.8. The van der Waals surface area contributed by atoms with Crippen LogP contribution < -0.4 is 5.32 Å². The maximum absolute atomic E-state index is 12.1. The van der Waals surface area contributed by atoms with E-state index >= 15 is 0 Å². The van der Waals surface area contributed by atoms with Gasteiger partial charge in [-0.15, -0.1) is 0 Å². The lowest BCUT2D eigenvalue weighted by molar-refractivity contribution is -0.116. The van der Waals surface area contributed by atoms with Crippen LogP contribution in [0.5, 0.6) is 0 Å². The Morgan fingerprint density at radius 1 is 1.29 bits per heavy atom. The van der Waals surface area contributed by atoms with Gasteiger partial charge in [-0.05, 0) is 38.5 Å². The molecule has 0 atom stereocenters. The molecule has 0 unspecified atom stereocenters. The number of carboxylic acids is 1. The van der Waals surface area contributed by atoms with E-state index in [2.05, 4.69) is 10.4 Å². The third-order valence-corrected chi connectivity index (χ3v) is 3.23. The summed E-state index contributed by atoms with van der Waals surface area (Å²) in [4.78, 5) is 23.0. The van der Waals surface area contributed by atoms with Crippen LogP contribution >= 0.6 is 0 Å². The van der Waals surface area contributed by atoms with Crippen LogP contribution in [-0.4, -0.2) is 39.5 Å². The smallest absolute Gasteiger partial charge is 0.356 e. The lowest BCUT2D eigenvalue weighted by Crippen LogP contribution is -2.15. The highest BCUT2D eigenvalue weighted by atomic mass is 16.5. The number of amides is 1. The van der Waals surface area contributed by atoms with Gasteiger partial charge in [0.2, 0.25) is 5.91 Å². The first kappa shape index (κ1) is 17.7. The Hall–Kier alpha value is -2.67. The normalized spacial score (nSPS) is 10.8. The van der Waals surface area contributed by atoms with Gasteiger partial charge in [0.25, 0.3) is 0 Å². The van der Waals surface area contributed by atoms with Crippen molar-refractivity contribution in [2.45, 2.75) is 32.8 Å². The van der Waals surface area contributed by atoms with Crippen molar-refractivity contribution in [2.24, 2.45) is 0 Å². The fourth-order valence-corrected chi connectivity index (χ4v) is 2.12. The average molecular weight is 331 g/mol. The molecule has 1 aromatic carbocycles. The maximum Gasteiger partial charge on any atom is 0.356 e. The Labute approximate surface area is 140 Å². The van der Waals surface area contributed by atoms with Crippen molar-refractivity contribution in [2.75, 3.05) is 11.9 Å². The molecule has 0 radical (unpaired) electrons. The number of nitrogens with one attached hydrogen (secondary N) is 1. The first-order valence-corrected chi connectivity index (χ1v) is 7.77. The molecule has 0 aliphatic heterocycles. The number of carboxylic acid groups (broad SMARTS) is 1. The number of nitrogens with zero attached hydrogens (tertiary/aromatic N) is 2. The van der Waals surface area contributed by atoms with Gasteiger partial charge in [0.05, 0.1) is 17.5 Å². The summed E-state index contributed by atoms with van der Waals surface area (Å²) in [5.74, 6) is -1.22. The van der Waals surface area contributed by atoms with E-state index in [4.69, 9.17) is 9.84 Å². The molecule has 0 saturated heterocycles. The quantitative estimate of drug-likeness (QED) is 0.725. The monoisotopic (exact) mass is 331 g/mol. The third-order valence-electron chi connectivity index (χ3n) is 3.23. The molecule has 0 spiro atoms. The SMILES string of the molecule is CC(C)OCCCC(=O)Nc1ccccc1-n1ccc(C(=O)O)n1. The van der Waals surface area contributed by atoms with Gasteiger partial charge in [0, 0.05) is 19.2 Å². The zero-order valence-electron chi connectivity index (χ0n) is 13.7. The maximum atomic E-state index is 12.1. The topological polar surface area (TPSA) is 93.5 Å². The number of carbonyl (C=O) groups is 2. The molecule has 2 aromatic rings. The molecule has 2 rings (SSSR count). The van der Waals surface area contributed by atoms with Crippen LogP contribution in [0.2, 0.25) is 0 Å². The van der Waals surface area contributed by atoms with E-state index in [1.807, 2.05) is 13.8 Å². The Bertz CT molecular complexity index is 709. The molecule has 1 aromatic heterocycles. The zero-order valence-corrected chi connectivity index (χ0v) is 13.7. The molecular formula is C17H21N3O4. The Morgan fingerprint density at radius 2 is 2.04 bits per heavy atom. The highest BCUT2D eigenvalue weighted by Crippen LogP contribution is 2.20. The number of hydrogen-bond acceptors (Lipinski definition) is 4. The number of anilines is 1. The summed E-state index contributed by atoms with van der Waals surface area (Å²) < 4.78 is 6.84. The average Bonchev–Trinajstić information content (AvgIpc) is 3.02. The summed E-state index contributed by atoms with van der Waals surface area (Å²) in [7, 11) is 0. The Kier molecular flexibility index (Phi) is 6.08. The highest BCUT2D eigenvalue weighted by molar-refractivity contribution is 5.92. The molecule has 1 heterocycles. The molecule has 1 amide bonds. The second-order valence-electron chi connectivity index (χ2n) is 5.54. The number of ether oxygens (including phenoxy) is 1. The number of aromatic carboxylic acids is 1. The summed E-state index contributed by atoms with van der Waals surface area (Å²) in [6, 6.07) is 8.51. The van der Waals surface area contributed by atoms with Crippen molar-refractivity contribution in [1.29, 1.82) is 0 Å². The summed E-state index contributed by atoms with van der Waals surface area (Å²) in [6.07, 6.45) is 2.68. The molecule has 128 valence electrons. The molecular weight excluding hydrogens is 310 g/mol. The number of rotatable bonds is 8. The van der Waals surface area contributed by atoms with Gasteiger partial charge >= 0.3 is 5.97 Å². The number of para-hydroxylation sites is 2. The largest absolute Gasteiger partial charge is 0.476 e. The second-order valence-corrected chi connectivity index (χ2v) is 5.54. The minimum absolute atomic E-state index is 0.0537. The van der Waals surface area contributed by atoms with Gasteiger partial charge in [-0.3, -0.25) is 4.79 Å². The molecule has 24 heavy (non-hydrogen) atoms. The zero-order chi connectivity index (χ0) is 17.5. The van der Waals surface area contributed by atoms with Crippen molar-refractivity contribution in [1.82, 2.24) is 9.78 Å². The summed E-state index contributed by atoms with van der Waals surface area (Å²) >= 11 is 0. The minimum Gasteiger partial charge on any atom is -0.476 e. The molecule has 2 N–H and O–H groups in total. The van der Waals surface area contributed by atoms with Crippen LogP contribution in [0.1, 0.15) is 37.2 Å². The van der Waals surface area contributed by atoms with Crippen LogP contribution in [0.3, 0.4) is 0 Å². The minimum atomic E-state index is -1.10. The van der Waals surface area contributed by atoms with Gasteiger partial charge in [-0.2, -0.15) is 5.10 Å². The highest BCUT2D eigenvalue weighted by Gasteiger charge is 2.12. The van der Waals surface area contributed by atoms with E-state index in [9.17, 15) is 9.59 Å². The predicted octanol–water partition coefficient (Wildman–Crippen LogP) is 2.71. The van der Waals surface area contributed by atoms with Crippen LogP contribution in [0.25, 0.3) is 5.69 Å². The van der Waals surface area contributed by atoms with Gasteiger partial charge in [0.15, 0.2) is 5.69 Å². The molecule has 0 fully saturated rings. The van der Waals surface area contributed by atoms with Crippen molar-refractivity contribution in [3.63, 3.8) is 0 Å². The lowest BCUT2D eigenvalue weighted by Gasteiger charge is -2.11. The van der Waals surface area contributed by atoms with Crippen molar-refractivity contribution >= 4 is 17.6 Å². The Balaban J connectivity index is 2.03. The summed E-state index contributed by atoms with van der Waals surface area (Å²) in [6.45, 7) is 4.44. The number of aromatic nitrogens is 2.